The van der Waals surface area contributed by atoms with Crippen LogP contribution in [0.5, 0.6) is 0 Å². The summed E-state index contributed by atoms with van der Waals surface area (Å²) >= 11 is 0. The van der Waals surface area contributed by atoms with Gasteiger partial charge in [-0.3, -0.25) is 4.79 Å². The van der Waals surface area contributed by atoms with Gasteiger partial charge in [0.1, 0.15) is 6.33 Å². The number of nitrogens with zero attached hydrogens (tertiary/aromatic N) is 2. The molecule has 4 rings (SSSR count). The van der Waals surface area contributed by atoms with Gasteiger partial charge < -0.3 is 16.4 Å². The highest BCUT2D eigenvalue weighted by molar-refractivity contribution is 5.82. The second kappa shape index (κ2) is 9.78. The van der Waals surface area contributed by atoms with Crippen molar-refractivity contribution in [2.45, 2.75) is 37.8 Å². The largest absolute Gasteiger partial charge is 0.347 e. The zero-order chi connectivity index (χ0) is 20.8. The standard InChI is InChI=1S/C24H29N5O/c25-19(14-17-6-2-1-3-7-17)15-22(30)29-23(18-10-12-26-13-11-18)24-20-8-4-5-9-21(20)27-16-28-24/h1-9,16,18-19,23,26H,10-15,25H2,(H,29,30). The first-order valence-corrected chi connectivity index (χ1v) is 10.7. The molecule has 1 fully saturated rings. The maximum absolute atomic E-state index is 13.0. The molecule has 1 aliphatic rings. The molecule has 2 aromatic carbocycles. The molecule has 2 atom stereocenters. The van der Waals surface area contributed by atoms with Gasteiger partial charge in [-0.1, -0.05) is 48.5 Å². The first-order chi connectivity index (χ1) is 14.7. The molecule has 0 spiro atoms. The normalized spacial score (nSPS) is 16.8. The van der Waals surface area contributed by atoms with Crippen LogP contribution < -0.4 is 16.4 Å². The number of amides is 1. The molecule has 0 radical (unpaired) electrons. The zero-order valence-corrected chi connectivity index (χ0v) is 17.1. The van der Waals surface area contributed by atoms with Crippen molar-refractivity contribution in [2.24, 2.45) is 11.7 Å². The van der Waals surface area contributed by atoms with Crippen LogP contribution in [-0.4, -0.2) is 35.0 Å². The van der Waals surface area contributed by atoms with Crippen LogP contribution in [0.15, 0.2) is 60.9 Å². The molecule has 2 heterocycles. The first-order valence-electron chi connectivity index (χ1n) is 10.7. The van der Waals surface area contributed by atoms with Crippen molar-refractivity contribution in [3.05, 3.63) is 72.2 Å². The molecule has 0 aliphatic carbocycles. The van der Waals surface area contributed by atoms with Crippen molar-refractivity contribution in [2.75, 3.05) is 13.1 Å². The molecule has 1 aromatic heterocycles. The minimum Gasteiger partial charge on any atom is -0.347 e. The number of fused-ring (bicyclic) bond motifs is 1. The third kappa shape index (κ3) is 5.01. The number of carbonyl (C=O) groups is 1. The molecule has 1 amide bonds. The van der Waals surface area contributed by atoms with E-state index in [9.17, 15) is 4.79 Å². The van der Waals surface area contributed by atoms with E-state index in [1.807, 2.05) is 54.6 Å². The molecule has 3 aromatic rings. The number of carbonyl (C=O) groups excluding carboxylic acids is 1. The van der Waals surface area contributed by atoms with Gasteiger partial charge in [-0.15, -0.1) is 0 Å². The second-order valence-corrected chi connectivity index (χ2v) is 8.06. The topological polar surface area (TPSA) is 92.9 Å². The van der Waals surface area contributed by atoms with Gasteiger partial charge in [0.2, 0.25) is 5.91 Å². The number of para-hydroxylation sites is 1. The number of aromatic nitrogens is 2. The maximum Gasteiger partial charge on any atom is 0.222 e. The van der Waals surface area contributed by atoms with E-state index in [1.165, 1.54) is 0 Å². The Bertz CT molecular complexity index is 966. The van der Waals surface area contributed by atoms with Crippen LogP contribution in [0.4, 0.5) is 0 Å². The quantitative estimate of drug-likeness (QED) is 0.564. The van der Waals surface area contributed by atoms with Crippen molar-refractivity contribution < 1.29 is 4.79 Å². The molecule has 1 saturated heterocycles. The predicted octanol–water partition coefficient (Wildman–Crippen LogP) is 2.75. The lowest BCUT2D eigenvalue weighted by molar-refractivity contribution is -0.122. The number of piperidine rings is 1. The Labute approximate surface area is 177 Å². The van der Waals surface area contributed by atoms with E-state index < -0.39 is 0 Å². The highest BCUT2D eigenvalue weighted by Crippen LogP contribution is 2.31. The van der Waals surface area contributed by atoms with Gasteiger partial charge in [0.25, 0.3) is 0 Å². The lowest BCUT2D eigenvalue weighted by atomic mass is 9.86. The zero-order valence-electron chi connectivity index (χ0n) is 17.1. The Hall–Kier alpha value is -2.83. The molecule has 6 heteroatoms. The molecule has 1 aliphatic heterocycles. The first kappa shape index (κ1) is 20.4. The summed E-state index contributed by atoms with van der Waals surface area (Å²) in [5.41, 5.74) is 9.24. The summed E-state index contributed by atoms with van der Waals surface area (Å²) in [6.07, 6.45) is 4.57. The number of nitrogens with one attached hydrogen (secondary N) is 2. The minimum atomic E-state index is -0.219. The van der Waals surface area contributed by atoms with Crippen LogP contribution in [0.3, 0.4) is 0 Å². The summed E-state index contributed by atoms with van der Waals surface area (Å²) in [7, 11) is 0. The van der Waals surface area contributed by atoms with Crippen molar-refractivity contribution in [1.29, 1.82) is 0 Å². The molecule has 6 nitrogen and oxygen atoms in total. The maximum atomic E-state index is 13.0. The molecule has 156 valence electrons. The van der Waals surface area contributed by atoms with Gasteiger partial charge >= 0.3 is 0 Å². The fourth-order valence-electron chi connectivity index (χ4n) is 4.32. The van der Waals surface area contributed by atoms with Gasteiger partial charge in [0.15, 0.2) is 0 Å². The fraction of sp³-hybridized carbons (Fsp3) is 0.375. The minimum absolute atomic E-state index is 0.0235. The van der Waals surface area contributed by atoms with Crippen LogP contribution in [0.2, 0.25) is 0 Å². The van der Waals surface area contributed by atoms with E-state index in [0.29, 0.717) is 18.8 Å². The third-order valence-electron chi connectivity index (χ3n) is 5.83. The van der Waals surface area contributed by atoms with E-state index >= 15 is 0 Å². The van der Waals surface area contributed by atoms with Gasteiger partial charge in [0, 0.05) is 17.8 Å². The monoisotopic (exact) mass is 403 g/mol. The fourth-order valence-corrected chi connectivity index (χ4v) is 4.32. The molecule has 0 saturated carbocycles. The van der Waals surface area contributed by atoms with E-state index in [0.717, 1.165) is 48.1 Å². The van der Waals surface area contributed by atoms with Crippen LogP contribution in [0.25, 0.3) is 10.9 Å². The summed E-state index contributed by atoms with van der Waals surface area (Å²) in [5.74, 6) is 0.309. The Morgan fingerprint density at radius 2 is 1.80 bits per heavy atom. The van der Waals surface area contributed by atoms with Gasteiger partial charge in [-0.2, -0.15) is 0 Å². The third-order valence-corrected chi connectivity index (χ3v) is 5.83. The van der Waals surface area contributed by atoms with Crippen LogP contribution in [0, 0.1) is 5.92 Å². The molecular weight excluding hydrogens is 374 g/mol. The summed E-state index contributed by atoms with van der Waals surface area (Å²) < 4.78 is 0. The Morgan fingerprint density at radius 3 is 2.60 bits per heavy atom. The van der Waals surface area contributed by atoms with Crippen LogP contribution >= 0.6 is 0 Å². The van der Waals surface area contributed by atoms with Gasteiger partial charge in [0.05, 0.1) is 17.3 Å². The molecule has 2 unspecified atom stereocenters. The Balaban J connectivity index is 1.52. The van der Waals surface area contributed by atoms with Crippen molar-refractivity contribution >= 4 is 16.8 Å². The smallest absolute Gasteiger partial charge is 0.222 e. The van der Waals surface area contributed by atoms with Crippen molar-refractivity contribution in [1.82, 2.24) is 20.6 Å². The van der Waals surface area contributed by atoms with E-state index in [-0.39, 0.29) is 18.0 Å². The molecular formula is C24H29N5O. The van der Waals surface area contributed by atoms with Crippen molar-refractivity contribution in [3.8, 4) is 0 Å². The van der Waals surface area contributed by atoms with Gasteiger partial charge in [-0.05, 0) is 49.9 Å². The number of hydrogen-bond acceptors (Lipinski definition) is 5. The average Bonchev–Trinajstić information content (AvgIpc) is 2.78. The van der Waals surface area contributed by atoms with E-state index in [4.69, 9.17) is 5.73 Å². The van der Waals surface area contributed by atoms with Crippen LogP contribution in [-0.2, 0) is 11.2 Å². The summed E-state index contributed by atoms with van der Waals surface area (Å²) in [5, 5.41) is 7.68. The number of rotatable bonds is 7. The number of hydrogen-bond donors (Lipinski definition) is 3. The highest BCUT2D eigenvalue weighted by Gasteiger charge is 2.29. The summed E-state index contributed by atoms with van der Waals surface area (Å²) in [6.45, 7) is 1.90. The molecule has 4 N–H and O–H groups in total. The lowest BCUT2D eigenvalue weighted by Gasteiger charge is -2.32. The van der Waals surface area contributed by atoms with Gasteiger partial charge in [-0.25, -0.2) is 9.97 Å². The van der Waals surface area contributed by atoms with E-state index in [2.05, 4.69) is 20.6 Å². The predicted molar refractivity (Wildman–Crippen MR) is 119 cm³/mol. The SMILES string of the molecule is NC(CC(=O)NC(c1ncnc2ccccc12)C1CCNCC1)Cc1ccccc1. The average molecular weight is 404 g/mol. The van der Waals surface area contributed by atoms with Crippen molar-refractivity contribution in [3.63, 3.8) is 0 Å². The Kier molecular flexibility index (Phi) is 6.67. The number of nitrogens with two attached hydrogens (primary N) is 1. The number of benzene rings is 2. The lowest BCUT2D eigenvalue weighted by Crippen LogP contribution is -2.41. The highest BCUT2D eigenvalue weighted by atomic mass is 16.1. The summed E-state index contributed by atoms with van der Waals surface area (Å²) in [4.78, 5) is 21.9. The van der Waals surface area contributed by atoms with Crippen LogP contribution in [0.1, 0.15) is 36.6 Å². The second-order valence-electron chi connectivity index (χ2n) is 8.06. The van der Waals surface area contributed by atoms with E-state index in [1.54, 1.807) is 6.33 Å². The summed E-state index contributed by atoms with van der Waals surface area (Å²) in [6, 6.07) is 17.7. The Morgan fingerprint density at radius 1 is 1.07 bits per heavy atom. The molecule has 0 bridgehead atoms. The molecule has 30 heavy (non-hydrogen) atoms.